The number of hydrogen-bond donors (Lipinski definition) is 2. The molecular formula is C17H30FIN4. The molecular weight excluding hydrogens is 406 g/mol. The number of halogens is 2. The van der Waals surface area contributed by atoms with E-state index in [4.69, 9.17) is 0 Å². The third kappa shape index (κ3) is 8.50. The van der Waals surface area contributed by atoms with Crippen molar-refractivity contribution in [2.45, 2.75) is 34.2 Å². The van der Waals surface area contributed by atoms with Crippen molar-refractivity contribution in [3.05, 3.63) is 35.1 Å². The number of aryl methyl sites for hydroxylation is 1. The molecule has 1 aromatic rings. The van der Waals surface area contributed by atoms with Gasteiger partial charge in [-0.15, -0.1) is 24.0 Å². The van der Waals surface area contributed by atoms with E-state index in [0.717, 1.165) is 44.2 Å². The third-order valence-electron chi connectivity index (χ3n) is 3.60. The third-order valence-corrected chi connectivity index (χ3v) is 3.60. The largest absolute Gasteiger partial charge is 0.357 e. The summed E-state index contributed by atoms with van der Waals surface area (Å²) in [6.07, 6.45) is 0. The van der Waals surface area contributed by atoms with Crippen molar-refractivity contribution in [1.82, 2.24) is 15.5 Å². The maximum Gasteiger partial charge on any atom is 0.191 e. The lowest BCUT2D eigenvalue weighted by molar-refractivity contribution is 0.308. The zero-order valence-corrected chi connectivity index (χ0v) is 17.0. The molecule has 4 nitrogen and oxygen atoms in total. The Morgan fingerprint density at radius 3 is 2.43 bits per heavy atom. The normalized spacial score (nSPS) is 11.3. The second-order valence-electron chi connectivity index (χ2n) is 5.23. The first-order valence-corrected chi connectivity index (χ1v) is 8.10. The Bertz CT molecular complexity index is 476. The van der Waals surface area contributed by atoms with E-state index in [9.17, 15) is 4.39 Å². The minimum atomic E-state index is -0.169. The zero-order chi connectivity index (χ0) is 16.4. The molecule has 0 aromatic heterocycles. The predicted molar refractivity (Wildman–Crippen MR) is 107 cm³/mol. The van der Waals surface area contributed by atoms with E-state index >= 15 is 0 Å². The highest BCUT2D eigenvalue weighted by atomic mass is 127. The van der Waals surface area contributed by atoms with Crippen LogP contribution in [-0.2, 0) is 6.54 Å². The van der Waals surface area contributed by atoms with E-state index < -0.39 is 0 Å². The molecule has 1 aromatic carbocycles. The van der Waals surface area contributed by atoms with Crippen molar-refractivity contribution in [2.24, 2.45) is 4.99 Å². The first-order chi connectivity index (χ1) is 10.6. The monoisotopic (exact) mass is 436 g/mol. The van der Waals surface area contributed by atoms with E-state index in [1.165, 1.54) is 6.07 Å². The quantitative estimate of drug-likeness (QED) is 0.374. The highest BCUT2D eigenvalue weighted by molar-refractivity contribution is 14.0. The number of benzene rings is 1. The first-order valence-electron chi connectivity index (χ1n) is 8.10. The molecule has 2 N–H and O–H groups in total. The summed E-state index contributed by atoms with van der Waals surface area (Å²) in [5.74, 6) is 0.633. The summed E-state index contributed by atoms with van der Waals surface area (Å²) in [4.78, 5) is 6.92. The maximum absolute atomic E-state index is 13.3. The van der Waals surface area contributed by atoms with Gasteiger partial charge in [-0.05, 0) is 44.1 Å². The summed E-state index contributed by atoms with van der Waals surface area (Å²) in [5, 5.41) is 6.57. The van der Waals surface area contributed by atoms with Gasteiger partial charge in [0.05, 0.1) is 6.54 Å². The maximum atomic E-state index is 13.3. The molecule has 0 atom stereocenters. The Morgan fingerprint density at radius 1 is 1.17 bits per heavy atom. The lowest BCUT2D eigenvalue weighted by Crippen LogP contribution is -2.41. The number of likely N-dealkylation sites (N-methyl/N-ethyl adjacent to an activating group) is 1. The Balaban J connectivity index is 0.00000484. The predicted octanol–water partition coefficient (Wildman–Crippen LogP) is 3.15. The van der Waals surface area contributed by atoms with Gasteiger partial charge in [0, 0.05) is 19.6 Å². The fraction of sp³-hybridized carbons (Fsp3) is 0.588. The Morgan fingerprint density at radius 2 is 1.87 bits per heavy atom. The van der Waals surface area contributed by atoms with Crippen LogP contribution in [0.2, 0.25) is 0 Å². The van der Waals surface area contributed by atoms with Gasteiger partial charge in [-0.2, -0.15) is 0 Å². The highest BCUT2D eigenvalue weighted by Crippen LogP contribution is 2.09. The van der Waals surface area contributed by atoms with Crippen LogP contribution in [0.4, 0.5) is 4.39 Å². The van der Waals surface area contributed by atoms with Crippen LogP contribution in [0.3, 0.4) is 0 Å². The average Bonchev–Trinajstić information content (AvgIpc) is 2.52. The van der Waals surface area contributed by atoms with E-state index in [2.05, 4.69) is 34.4 Å². The molecule has 23 heavy (non-hydrogen) atoms. The molecule has 0 saturated heterocycles. The molecule has 0 unspecified atom stereocenters. The molecule has 1 rings (SSSR count). The van der Waals surface area contributed by atoms with E-state index in [1.807, 2.05) is 13.0 Å². The minimum absolute atomic E-state index is 0. The summed E-state index contributed by atoms with van der Waals surface area (Å²) in [6.45, 7) is 13.5. The SMILES string of the molecule is CCNC(=NCc1ccc(F)c(C)c1)NCCN(CC)CC.I. The summed E-state index contributed by atoms with van der Waals surface area (Å²) in [7, 11) is 0. The van der Waals surface area contributed by atoms with Crippen molar-refractivity contribution in [2.75, 3.05) is 32.7 Å². The second-order valence-corrected chi connectivity index (χ2v) is 5.23. The summed E-state index contributed by atoms with van der Waals surface area (Å²) in [6, 6.07) is 5.13. The van der Waals surface area contributed by atoms with Gasteiger partial charge in [0.15, 0.2) is 5.96 Å². The van der Waals surface area contributed by atoms with Crippen LogP contribution in [-0.4, -0.2) is 43.6 Å². The van der Waals surface area contributed by atoms with Gasteiger partial charge in [0.25, 0.3) is 0 Å². The molecule has 0 aliphatic heterocycles. The molecule has 0 fully saturated rings. The van der Waals surface area contributed by atoms with Gasteiger partial charge < -0.3 is 15.5 Å². The number of hydrogen-bond acceptors (Lipinski definition) is 2. The zero-order valence-electron chi connectivity index (χ0n) is 14.7. The lowest BCUT2D eigenvalue weighted by atomic mass is 10.1. The van der Waals surface area contributed by atoms with Gasteiger partial charge >= 0.3 is 0 Å². The Kier molecular flexibility index (Phi) is 12.0. The number of nitrogens with one attached hydrogen (secondary N) is 2. The minimum Gasteiger partial charge on any atom is -0.357 e. The van der Waals surface area contributed by atoms with Crippen molar-refractivity contribution in [3.63, 3.8) is 0 Å². The van der Waals surface area contributed by atoms with E-state index in [1.54, 1.807) is 13.0 Å². The van der Waals surface area contributed by atoms with Gasteiger partial charge in [-0.3, -0.25) is 0 Å². The van der Waals surface area contributed by atoms with Crippen LogP contribution >= 0.6 is 24.0 Å². The molecule has 0 aliphatic carbocycles. The molecule has 0 amide bonds. The molecule has 6 heteroatoms. The fourth-order valence-corrected chi connectivity index (χ4v) is 2.19. The summed E-state index contributed by atoms with van der Waals surface area (Å²) in [5.41, 5.74) is 1.67. The van der Waals surface area contributed by atoms with Gasteiger partial charge in [-0.25, -0.2) is 9.38 Å². The van der Waals surface area contributed by atoms with Gasteiger partial charge in [0.1, 0.15) is 5.82 Å². The second kappa shape index (κ2) is 12.5. The van der Waals surface area contributed by atoms with Crippen LogP contribution in [0, 0.1) is 12.7 Å². The van der Waals surface area contributed by atoms with Crippen molar-refractivity contribution in [1.29, 1.82) is 0 Å². The smallest absolute Gasteiger partial charge is 0.191 e. The first kappa shape index (κ1) is 22.1. The standard InChI is InChI=1S/C17H29FN4.HI/c1-5-19-17(20-10-11-22(6-2)7-3)21-13-15-8-9-16(18)14(4)12-15;/h8-9,12H,5-7,10-11,13H2,1-4H3,(H2,19,20,21);1H. The van der Waals surface area contributed by atoms with Crippen molar-refractivity contribution in [3.8, 4) is 0 Å². The summed E-state index contributed by atoms with van der Waals surface area (Å²) < 4.78 is 13.3. The number of rotatable bonds is 8. The van der Waals surface area contributed by atoms with Crippen molar-refractivity contribution >= 4 is 29.9 Å². The fourth-order valence-electron chi connectivity index (χ4n) is 2.19. The van der Waals surface area contributed by atoms with Crippen LogP contribution in [0.15, 0.2) is 23.2 Å². The van der Waals surface area contributed by atoms with E-state index in [0.29, 0.717) is 12.1 Å². The number of nitrogens with zero attached hydrogens (tertiary/aromatic N) is 2. The van der Waals surface area contributed by atoms with E-state index in [-0.39, 0.29) is 29.8 Å². The number of aliphatic imine (C=N–C) groups is 1. The van der Waals surface area contributed by atoms with Gasteiger partial charge in [0.2, 0.25) is 0 Å². The average molecular weight is 436 g/mol. The molecule has 0 radical (unpaired) electrons. The molecule has 132 valence electrons. The molecule has 0 saturated carbocycles. The van der Waals surface area contributed by atoms with Crippen LogP contribution in [0.25, 0.3) is 0 Å². The van der Waals surface area contributed by atoms with Gasteiger partial charge in [-0.1, -0.05) is 26.0 Å². The van der Waals surface area contributed by atoms with Crippen LogP contribution in [0.1, 0.15) is 31.9 Å². The lowest BCUT2D eigenvalue weighted by Gasteiger charge is -2.19. The van der Waals surface area contributed by atoms with Crippen LogP contribution in [0.5, 0.6) is 0 Å². The summed E-state index contributed by atoms with van der Waals surface area (Å²) >= 11 is 0. The molecule has 0 aliphatic rings. The Hall–Kier alpha value is -0.890. The Labute approximate surface area is 157 Å². The van der Waals surface area contributed by atoms with Crippen molar-refractivity contribution < 1.29 is 4.39 Å². The molecule has 0 heterocycles. The molecule has 0 spiro atoms. The van der Waals surface area contributed by atoms with Crippen LogP contribution < -0.4 is 10.6 Å². The number of guanidine groups is 1. The topological polar surface area (TPSA) is 39.7 Å². The highest BCUT2D eigenvalue weighted by Gasteiger charge is 2.02. The molecule has 0 bridgehead atoms.